The average molecular weight is 383 g/mol. The molecule has 3 N–H and O–H groups in total. The fourth-order valence-corrected chi connectivity index (χ4v) is 2.83. The number of phenolic OH excluding ortho intramolecular Hbond substituents is 1. The molecule has 1 aromatic heterocycles. The van der Waals surface area contributed by atoms with E-state index in [1.54, 1.807) is 18.3 Å². The van der Waals surface area contributed by atoms with Crippen LogP contribution in [0.5, 0.6) is 5.75 Å². The molecular weight excluding hydrogens is 373 g/mol. The van der Waals surface area contributed by atoms with Crippen molar-refractivity contribution in [2.45, 2.75) is 0 Å². The molecule has 1 amide bonds. The molecule has 3 aromatic rings. The number of aromatic nitrogens is 2. The molecule has 5 nitrogen and oxygen atoms in total. The number of nitrogens with zero attached hydrogens (tertiary/aromatic N) is 1. The Bertz CT molecular complexity index is 868. The molecule has 0 atom stereocenters. The first-order chi connectivity index (χ1) is 11.5. The van der Waals surface area contributed by atoms with Crippen LogP contribution in [0.2, 0.25) is 15.1 Å². The predicted octanol–water partition coefficient (Wildman–Crippen LogP) is 4.99. The molecule has 0 aliphatic heterocycles. The van der Waals surface area contributed by atoms with Gasteiger partial charge in [-0.15, -0.1) is 0 Å². The van der Waals surface area contributed by atoms with Gasteiger partial charge in [-0.2, -0.15) is 5.10 Å². The van der Waals surface area contributed by atoms with Gasteiger partial charge in [0.2, 0.25) is 0 Å². The summed E-state index contributed by atoms with van der Waals surface area (Å²) in [6.07, 6.45) is 1.65. The number of hydrogen-bond acceptors (Lipinski definition) is 3. The van der Waals surface area contributed by atoms with E-state index < -0.39 is 11.7 Å². The first-order valence-electron chi connectivity index (χ1n) is 6.75. The highest BCUT2D eigenvalue weighted by Gasteiger charge is 2.21. The van der Waals surface area contributed by atoms with Crippen molar-refractivity contribution in [1.82, 2.24) is 10.2 Å². The van der Waals surface area contributed by atoms with Gasteiger partial charge in [0.25, 0.3) is 5.91 Å². The maximum absolute atomic E-state index is 12.4. The summed E-state index contributed by atoms with van der Waals surface area (Å²) in [6.45, 7) is 0. The van der Waals surface area contributed by atoms with Crippen LogP contribution < -0.4 is 5.32 Å². The van der Waals surface area contributed by atoms with E-state index in [-0.39, 0.29) is 20.6 Å². The third-order valence-corrected chi connectivity index (χ3v) is 4.40. The Morgan fingerprint density at radius 2 is 1.79 bits per heavy atom. The van der Waals surface area contributed by atoms with Crippen molar-refractivity contribution in [3.05, 3.63) is 63.2 Å². The third-order valence-electron chi connectivity index (χ3n) is 3.33. The number of H-pyrrole nitrogens is 1. The first kappa shape index (κ1) is 16.6. The Labute approximate surface area is 152 Å². The Kier molecular flexibility index (Phi) is 4.66. The number of carbonyl (C=O) groups is 1. The van der Waals surface area contributed by atoms with Crippen LogP contribution >= 0.6 is 34.8 Å². The smallest absolute Gasteiger partial charge is 0.261 e. The second-order valence-electron chi connectivity index (χ2n) is 4.88. The fourth-order valence-electron chi connectivity index (χ4n) is 2.14. The summed E-state index contributed by atoms with van der Waals surface area (Å²) in [4.78, 5) is 12.4. The van der Waals surface area contributed by atoms with Crippen molar-refractivity contribution in [3.8, 4) is 17.0 Å². The number of aromatic amines is 1. The van der Waals surface area contributed by atoms with Crippen molar-refractivity contribution >= 4 is 46.4 Å². The van der Waals surface area contributed by atoms with Gasteiger partial charge in [0.05, 0.1) is 20.8 Å². The zero-order valence-corrected chi connectivity index (χ0v) is 14.2. The normalized spacial score (nSPS) is 10.6. The van der Waals surface area contributed by atoms with Crippen LogP contribution in [0.3, 0.4) is 0 Å². The molecule has 0 saturated carbocycles. The number of carbonyl (C=O) groups excluding carboxylic acids is 1. The number of hydrogen-bond donors (Lipinski definition) is 3. The molecule has 0 aliphatic rings. The average Bonchev–Trinajstić information content (AvgIpc) is 3.08. The van der Waals surface area contributed by atoms with Gasteiger partial charge in [-0.25, -0.2) is 0 Å². The minimum Gasteiger partial charge on any atom is -0.505 e. The number of benzene rings is 2. The van der Waals surface area contributed by atoms with Crippen molar-refractivity contribution < 1.29 is 9.90 Å². The second-order valence-corrected chi connectivity index (χ2v) is 6.07. The molecule has 8 heteroatoms. The molecule has 2 aromatic carbocycles. The lowest BCUT2D eigenvalue weighted by molar-refractivity contribution is 0.102. The molecule has 0 spiro atoms. The van der Waals surface area contributed by atoms with E-state index in [2.05, 4.69) is 15.5 Å². The van der Waals surface area contributed by atoms with Gasteiger partial charge in [0.15, 0.2) is 0 Å². The van der Waals surface area contributed by atoms with Gasteiger partial charge in [0, 0.05) is 11.9 Å². The van der Waals surface area contributed by atoms with Crippen molar-refractivity contribution in [2.24, 2.45) is 0 Å². The number of nitrogens with one attached hydrogen (secondary N) is 2. The number of halogens is 3. The van der Waals surface area contributed by atoms with Crippen LogP contribution in [-0.4, -0.2) is 21.2 Å². The van der Waals surface area contributed by atoms with Crippen LogP contribution in [-0.2, 0) is 0 Å². The summed E-state index contributed by atoms with van der Waals surface area (Å²) < 4.78 is 0. The molecule has 0 unspecified atom stereocenters. The van der Waals surface area contributed by atoms with Crippen LogP contribution in [0.4, 0.5) is 5.69 Å². The van der Waals surface area contributed by atoms with Crippen LogP contribution in [0, 0.1) is 0 Å². The van der Waals surface area contributed by atoms with Gasteiger partial charge < -0.3 is 10.4 Å². The van der Waals surface area contributed by atoms with Gasteiger partial charge >= 0.3 is 0 Å². The highest BCUT2D eigenvalue weighted by molar-refractivity contribution is 6.46. The van der Waals surface area contributed by atoms with Gasteiger partial charge in [-0.3, -0.25) is 9.89 Å². The lowest BCUT2D eigenvalue weighted by Crippen LogP contribution is -2.13. The van der Waals surface area contributed by atoms with Crippen molar-refractivity contribution in [3.63, 3.8) is 0 Å². The van der Waals surface area contributed by atoms with Gasteiger partial charge in [-0.1, -0.05) is 46.9 Å². The SMILES string of the molecule is O=C(Nc1ccc(-c2ccn[nH]2)cc1)c1c(O)c(Cl)cc(Cl)c1Cl. The number of phenols is 1. The van der Waals surface area contributed by atoms with Crippen molar-refractivity contribution in [1.29, 1.82) is 0 Å². The largest absolute Gasteiger partial charge is 0.505 e. The Hall–Kier alpha value is -2.21. The van der Waals surface area contributed by atoms with Gasteiger partial charge in [0.1, 0.15) is 11.3 Å². The number of aromatic hydroxyl groups is 1. The number of anilines is 1. The molecule has 122 valence electrons. The molecule has 0 fully saturated rings. The van der Waals surface area contributed by atoms with Crippen LogP contribution in [0.15, 0.2) is 42.6 Å². The zero-order chi connectivity index (χ0) is 17.3. The maximum atomic E-state index is 12.4. The van der Waals surface area contributed by atoms with E-state index in [4.69, 9.17) is 34.8 Å². The highest BCUT2D eigenvalue weighted by Crippen LogP contribution is 2.38. The Morgan fingerprint density at radius 3 is 2.42 bits per heavy atom. The highest BCUT2D eigenvalue weighted by atomic mass is 35.5. The summed E-state index contributed by atoms with van der Waals surface area (Å²) in [7, 11) is 0. The third kappa shape index (κ3) is 3.19. The van der Waals surface area contributed by atoms with Crippen LogP contribution in [0.25, 0.3) is 11.3 Å². The molecule has 3 rings (SSSR count). The summed E-state index contributed by atoms with van der Waals surface area (Å²) in [5.41, 5.74) is 2.12. The van der Waals surface area contributed by atoms with E-state index in [1.807, 2.05) is 18.2 Å². The molecule has 24 heavy (non-hydrogen) atoms. The maximum Gasteiger partial charge on any atom is 0.261 e. The molecule has 0 aliphatic carbocycles. The monoisotopic (exact) mass is 381 g/mol. The molecule has 0 bridgehead atoms. The molecule has 1 heterocycles. The topological polar surface area (TPSA) is 78.0 Å². The first-order valence-corrected chi connectivity index (χ1v) is 7.88. The number of rotatable bonds is 3. The molecule has 0 saturated heterocycles. The molecular formula is C16H10Cl3N3O2. The summed E-state index contributed by atoms with van der Waals surface area (Å²) in [6, 6.07) is 10.2. The fraction of sp³-hybridized carbons (Fsp3) is 0. The number of amides is 1. The second kappa shape index (κ2) is 6.73. The van der Waals surface area contributed by atoms with E-state index in [9.17, 15) is 9.90 Å². The Morgan fingerprint density at radius 1 is 1.08 bits per heavy atom. The van der Waals surface area contributed by atoms with E-state index >= 15 is 0 Å². The standard InChI is InChI=1S/C16H10Cl3N3O2/c17-10-7-11(18)15(23)13(14(10)19)16(24)21-9-3-1-8(2-4-9)12-5-6-20-22-12/h1-7,23H,(H,20,22)(H,21,24). The summed E-state index contributed by atoms with van der Waals surface area (Å²) in [5.74, 6) is -1.03. The molecule has 0 radical (unpaired) electrons. The zero-order valence-electron chi connectivity index (χ0n) is 12.0. The minimum atomic E-state index is -0.615. The van der Waals surface area contributed by atoms with Crippen molar-refractivity contribution in [2.75, 3.05) is 5.32 Å². The van der Waals surface area contributed by atoms with E-state index in [1.165, 1.54) is 6.07 Å². The summed E-state index contributed by atoms with van der Waals surface area (Å²) >= 11 is 17.7. The lowest BCUT2D eigenvalue weighted by Gasteiger charge is -2.11. The minimum absolute atomic E-state index is 0.0517. The Balaban J connectivity index is 1.86. The predicted molar refractivity (Wildman–Crippen MR) is 95.1 cm³/mol. The van der Waals surface area contributed by atoms with Crippen LogP contribution in [0.1, 0.15) is 10.4 Å². The summed E-state index contributed by atoms with van der Waals surface area (Å²) in [5, 5.41) is 19.3. The van der Waals surface area contributed by atoms with E-state index in [0.717, 1.165) is 11.3 Å². The lowest BCUT2D eigenvalue weighted by atomic mass is 10.1. The van der Waals surface area contributed by atoms with E-state index in [0.29, 0.717) is 5.69 Å². The quantitative estimate of drug-likeness (QED) is 0.558. The van der Waals surface area contributed by atoms with Gasteiger partial charge in [-0.05, 0) is 29.8 Å².